The Labute approximate surface area is 122 Å². The predicted molar refractivity (Wildman–Crippen MR) is 72.6 cm³/mol. The van der Waals surface area contributed by atoms with Crippen molar-refractivity contribution in [3.63, 3.8) is 0 Å². The molecule has 0 saturated carbocycles. The minimum atomic E-state index is -0.873. The molecule has 1 rings (SSSR count). The van der Waals surface area contributed by atoms with Crippen LogP contribution in [0.2, 0.25) is 0 Å². The molecule has 0 heterocycles. The fraction of sp³-hybridized carbons (Fsp3) is 0.357. The van der Waals surface area contributed by atoms with Crippen molar-refractivity contribution in [1.82, 2.24) is 5.32 Å². The van der Waals surface area contributed by atoms with Crippen LogP contribution < -0.4 is 5.32 Å². The van der Waals surface area contributed by atoms with Crippen LogP contribution >= 0.6 is 0 Å². The smallest absolute Gasteiger partial charge is 0.413 e. The van der Waals surface area contributed by atoms with E-state index >= 15 is 0 Å². The SMILES string of the molecule is CCOC(=O)NC(=O)COC(=O)c1ccc(COC)cc1. The van der Waals surface area contributed by atoms with E-state index in [0.29, 0.717) is 12.2 Å². The zero-order valence-corrected chi connectivity index (χ0v) is 11.9. The van der Waals surface area contributed by atoms with Gasteiger partial charge in [-0.15, -0.1) is 0 Å². The molecule has 0 aliphatic rings. The van der Waals surface area contributed by atoms with Crippen molar-refractivity contribution in [3.05, 3.63) is 35.4 Å². The summed E-state index contributed by atoms with van der Waals surface area (Å²) >= 11 is 0. The molecule has 1 aromatic carbocycles. The van der Waals surface area contributed by atoms with Crippen LogP contribution in [0.3, 0.4) is 0 Å². The lowest BCUT2D eigenvalue weighted by Gasteiger charge is -2.06. The molecule has 0 aliphatic heterocycles. The molecule has 0 saturated heterocycles. The largest absolute Gasteiger partial charge is 0.452 e. The average molecular weight is 295 g/mol. The van der Waals surface area contributed by atoms with Gasteiger partial charge in [0.15, 0.2) is 6.61 Å². The predicted octanol–water partition coefficient (Wildman–Crippen LogP) is 1.26. The molecule has 7 nitrogen and oxygen atoms in total. The molecular formula is C14H17NO6. The first-order valence-corrected chi connectivity index (χ1v) is 6.28. The van der Waals surface area contributed by atoms with Crippen LogP contribution in [0.5, 0.6) is 0 Å². The maximum absolute atomic E-state index is 11.7. The van der Waals surface area contributed by atoms with Crippen LogP contribution in [-0.4, -0.2) is 38.3 Å². The molecule has 0 radical (unpaired) electrons. The molecule has 1 N–H and O–H groups in total. The topological polar surface area (TPSA) is 90.9 Å². The van der Waals surface area contributed by atoms with Gasteiger partial charge in [0.25, 0.3) is 5.91 Å². The molecule has 0 aromatic heterocycles. The molecule has 0 aliphatic carbocycles. The number of imide groups is 1. The lowest BCUT2D eigenvalue weighted by atomic mass is 10.1. The Balaban J connectivity index is 2.42. The van der Waals surface area contributed by atoms with Crippen molar-refractivity contribution in [2.45, 2.75) is 13.5 Å². The zero-order chi connectivity index (χ0) is 15.7. The van der Waals surface area contributed by atoms with Crippen LogP contribution in [0.4, 0.5) is 4.79 Å². The highest BCUT2D eigenvalue weighted by atomic mass is 16.6. The summed E-state index contributed by atoms with van der Waals surface area (Å²) in [6.45, 7) is 1.64. The van der Waals surface area contributed by atoms with Crippen LogP contribution in [0.15, 0.2) is 24.3 Å². The van der Waals surface area contributed by atoms with Crippen LogP contribution in [-0.2, 0) is 25.6 Å². The molecule has 0 unspecified atom stereocenters. The summed E-state index contributed by atoms with van der Waals surface area (Å²) < 4.78 is 14.2. The van der Waals surface area contributed by atoms with E-state index in [1.165, 1.54) is 0 Å². The van der Waals surface area contributed by atoms with Gasteiger partial charge in [0.1, 0.15) is 0 Å². The van der Waals surface area contributed by atoms with Crippen LogP contribution in [0.25, 0.3) is 0 Å². The normalized spacial score (nSPS) is 9.81. The molecule has 0 fully saturated rings. The summed E-state index contributed by atoms with van der Waals surface area (Å²) in [5.74, 6) is -1.41. The van der Waals surface area contributed by atoms with Gasteiger partial charge in [-0.05, 0) is 24.6 Å². The molecule has 0 bridgehead atoms. The third-order valence-corrected chi connectivity index (χ3v) is 2.35. The first-order chi connectivity index (χ1) is 10.1. The Morgan fingerprint density at radius 2 is 1.76 bits per heavy atom. The van der Waals surface area contributed by atoms with Gasteiger partial charge in [0.2, 0.25) is 0 Å². The van der Waals surface area contributed by atoms with Gasteiger partial charge in [-0.25, -0.2) is 9.59 Å². The first-order valence-electron chi connectivity index (χ1n) is 6.28. The highest BCUT2D eigenvalue weighted by Crippen LogP contribution is 2.06. The van der Waals surface area contributed by atoms with E-state index in [9.17, 15) is 14.4 Å². The highest BCUT2D eigenvalue weighted by molar-refractivity contribution is 5.95. The molecule has 1 aromatic rings. The summed E-state index contributed by atoms with van der Waals surface area (Å²) in [5, 5.41) is 1.92. The summed E-state index contributed by atoms with van der Waals surface area (Å²) in [6, 6.07) is 6.58. The van der Waals surface area contributed by atoms with Gasteiger partial charge < -0.3 is 14.2 Å². The Morgan fingerprint density at radius 1 is 1.10 bits per heavy atom. The molecule has 7 heteroatoms. The second-order valence-corrected chi connectivity index (χ2v) is 3.97. The standard InChI is InChI=1S/C14H17NO6/c1-3-20-14(18)15-12(16)9-21-13(17)11-6-4-10(5-7-11)8-19-2/h4-7H,3,8-9H2,1-2H3,(H,15,16,18). The van der Waals surface area contributed by atoms with E-state index in [1.807, 2.05) is 5.32 Å². The van der Waals surface area contributed by atoms with Crippen molar-refractivity contribution >= 4 is 18.0 Å². The first kappa shape index (κ1) is 16.6. The van der Waals surface area contributed by atoms with E-state index in [1.54, 1.807) is 38.3 Å². The monoisotopic (exact) mass is 295 g/mol. The van der Waals surface area contributed by atoms with Crippen LogP contribution in [0, 0.1) is 0 Å². The van der Waals surface area contributed by atoms with E-state index < -0.39 is 24.6 Å². The Bertz CT molecular complexity index is 497. The second-order valence-electron chi connectivity index (χ2n) is 3.97. The number of benzene rings is 1. The molecule has 0 spiro atoms. The zero-order valence-electron chi connectivity index (χ0n) is 11.9. The molecule has 21 heavy (non-hydrogen) atoms. The Morgan fingerprint density at radius 3 is 2.33 bits per heavy atom. The number of carbonyl (C=O) groups is 3. The van der Waals surface area contributed by atoms with Gasteiger partial charge in [0, 0.05) is 7.11 Å². The van der Waals surface area contributed by atoms with Gasteiger partial charge in [0.05, 0.1) is 18.8 Å². The number of alkyl carbamates (subject to hydrolysis) is 1. The molecule has 114 valence electrons. The number of methoxy groups -OCH3 is 1. The van der Waals surface area contributed by atoms with Crippen molar-refractivity contribution in [2.75, 3.05) is 20.3 Å². The minimum Gasteiger partial charge on any atom is -0.452 e. The number of ether oxygens (including phenoxy) is 3. The highest BCUT2D eigenvalue weighted by Gasteiger charge is 2.12. The number of nitrogens with one attached hydrogen (secondary N) is 1. The quantitative estimate of drug-likeness (QED) is 0.795. The molecular weight excluding hydrogens is 278 g/mol. The van der Waals surface area contributed by atoms with E-state index in [2.05, 4.69) is 4.74 Å². The summed E-state index contributed by atoms with van der Waals surface area (Å²) in [6.07, 6.45) is -0.873. The fourth-order valence-corrected chi connectivity index (χ4v) is 1.44. The Hall–Kier alpha value is -2.41. The Kier molecular flexibility index (Phi) is 6.90. The van der Waals surface area contributed by atoms with Crippen molar-refractivity contribution < 1.29 is 28.6 Å². The number of amides is 2. The van der Waals surface area contributed by atoms with Crippen molar-refractivity contribution in [2.24, 2.45) is 0 Å². The molecule has 0 atom stereocenters. The third-order valence-electron chi connectivity index (χ3n) is 2.35. The number of hydrogen-bond acceptors (Lipinski definition) is 6. The fourth-order valence-electron chi connectivity index (χ4n) is 1.44. The maximum Gasteiger partial charge on any atom is 0.413 e. The lowest BCUT2D eigenvalue weighted by Crippen LogP contribution is -2.34. The maximum atomic E-state index is 11.7. The summed E-state index contributed by atoms with van der Waals surface area (Å²) in [4.78, 5) is 33.9. The summed E-state index contributed by atoms with van der Waals surface area (Å²) in [7, 11) is 1.57. The van der Waals surface area contributed by atoms with Crippen LogP contribution in [0.1, 0.15) is 22.8 Å². The van der Waals surface area contributed by atoms with Crippen molar-refractivity contribution in [1.29, 1.82) is 0 Å². The van der Waals surface area contributed by atoms with E-state index in [4.69, 9.17) is 9.47 Å². The van der Waals surface area contributed by atoms with Crippen molar-refractivity contribution in [3.8, 4) is 0 Å². The third kappa shape index (κ3) is 6.05. The minimum absolute atomic E-state index is 0.146. The van der Waals surface area contributed by atoms with Gasteiger partial charge in [-0.2, -0.15) is 0 Å². The number of esters is 1. The second kappa shape index (κ2) is 8.70. The summed E-state index contributed by atoms with van der Waals surface area (Å²) in [5.41, 5.74) is 1.22. The number of hydrogen-bond donors (Lipinski definition) is 1. The molecule has 2 amide bonds. The van der Waals surface area contributed by atoms with Gasteiger partial charge in [-0.1, -0.05) is 12.1 Å². The van der Waals surface area contributed by atoms with E-state index in [0.717, 1.165) is 5.56 Å². The number of rotatable bonds is 6. The lowest BCUT2D eigenvalue weighted by molar-refractivity contribution is -0.123. The number of carbonyl (C=O) groups excluding carboxylic acids is 3. The average Bonchev–Trinajstić information content (AvgIpc) is 2.46. The van der Waals surface area contributed by atoms with Gasteiger partial charge >= 0.3 is 12.1 Å². The van der Waals surface area contributed by atoms with E-state index in [-0.39, 0.29) is 6.61 Å². The van der Waals surface area contributed by atoms with Gasteiger partial charge in [-0.3, -0.25) is 10.1 Å².